The third kappa shape index (κ3) is 4.59. The number of aliphatic hydroxyl groups excluding tert-OH is 3. The maximum absolute atomic E-state index is 14.9. The number of phenolic OH excluding ortho intramolecular Hbond substituents is 1. The number of hydrogen-bond acceptors (Lipinski definition) is 11. The minimum Gasteiger partial charge on any atom is -0.508 e. The normalized spacial score (nSPS) is 40.3. The van der Waals surface area contributed by atoms with E-state index in [1.807, 2.05) is 55.6 Å². The molecule has 5 aromatic rings. The molecular formula is C49H50N2O10. The van der Waals surface area contributed by atoms with Gasteiger partial charge in [-0.15, -0.1) is 0 Å². The standard InChI is InChI=1S/C49H50N2O10/c1-50-22-28-21-33-35-13-15-38(54)49(58)48(35,57)44(60-43(33)46(42(28)55)17-16-30-10-9-29-8-6-27-19-31(53)11-12-34(27)47(29,30)46)41(61-49)45(56)59-40-37(23-52)51-36-14-7-26-18-24-4-2-3-5-25(24)20-32(26)39(36)40/h2-8,11-15,18-20,28-30,33,35,38,41-44,50-55,57-58H,9-10,16-17,21-23H2,1H3/t28-,29-,30+,33+,35-,38+,41+,42-,43+,44-,46-,47+,48+,49-/m0/s1. The molecule has 0 bridgehead atoms. The number of esters is 1. The van der Waals surface area contributed by atoms with Gasteiger partial charge in [0.05, 0.1) is 35.4 Å². The zero-order valence-corrected chi connectivity index (χ0v) is 33.7. The highest BCUT2D eigenvalue weighted by Gasteiger charge is 2.82. The number of aromatic hydroxyl groups is 1. The van der Waals surface area contributed by atoms with Gasteiger partial charge in [0.25, 0.3) is 0 Å². The fourth-order valence-corrected chi connectivity index (χ4v) is 14.5. The first-order chi connectivity index (χ1) is 29.5. The Labute approximate surface area is 351 Å². The monoisotopic (exact) mass is 826 g/mol. The van der Waals surface area contributed by atoms with E-state index in [2.05, 4.69) is 28.5 Å². The molecule has 3 heterocycles. The van der Waals surface area contributed by atoms with Crippen molar-refractivity contribution in [1.82, 2.24) is 10.3 Å². The largest absolute Gasteiger partial charge is 0.508 e. The molecular weight excluding hydrogens is 777 g/mol. The van der Waals surface area contributed by atoms with Crippen LogP contribution in [0, 0.1) is 35.0 Å². The van der Waals surface area contributed by atoms with E-state index in [0.29, 0.717) is 30.3 Å². The van der Waals surface area contributed by atoms with Crippen molar-refractivity contribution in [3.63, 3.8) is 0 Å². The Morgan fingerprint density at radius 1 is 0.951 bits per heavy atom. The number of carbonyl (C=O) groups excluding carboxylic acids is 1. The van der Waals surface area contributed by atoms with Gasteiger partial charge in [0.15, 0.2) is 17.5 Å². The van der Waals surface area contributed by atoms with Crippen LogP contribution in [-0.2, 0) is 26.3 Å². The van der Waals surface area contributed by atoms with Gasteiger partial charge in [-0.3, -0.25) is 0 Å². The average Bonchev–Trinajstić information content (AvgIpc) is 3.98. The molecule has 12 heteroatoms. The summed E-state index contributed by atoms with van der Waals surface area (Å²) in [6, 6.07) is 21.4. The SMILES string of the molecule is CNC[C@@H]1C[C@H]2[C@@H](O[C@H]3[C@H](C(=O)Oc4c(CO)[nH]c5ccc6cc7ccccc7cc6c45)O[C@@]4(O)[C@H](O)C=C[C@@H]2[C@@]34O)[C@]2(CC[C@H]3CC[C@@H]4C=Cc5cc(O)ccc5[C@]342)[C@H]1O. The predicted molar refractivity (Wildman–Crippen MR) is 225 cm³/mol. The average molecular weight is 827 g/mol. The van der Waals surface area contributed by atoms with Crippen molar-refractivity contribution in [2.75, 3.05) is 13.6 Å². The molecule has 5 aliphatic carbocycles. The highest BCUT2D eigenvalue weighted by atomic mass is 16.7. The van der Waals surface area contributed by atoms with Crippen molar-refractivity contribution in [3.8, 4) is 11.5 Å². The van der Waals surface area contributed by atoms with Crippen molar-refractivity contribution >= 4 is 44.5 Å². The zero-order chi connectivity index (χ0) is 41.8. The van der Waals surface area contributed by atoms with Gasteiger partial charge in [-0.1, -0.05) is 60.7 Å². The van der Waals surface area contributed by atoms with E-state index >= 15 is 0 Å². The summed E-state index contributed by atoms with van der Waals surface area (Å²) in [6.45, 7) is 0.0151. The van der Waals surface area contributed by atoms with Gasteiger partial charge in [0.1, 0.15) is 18.0 Å². The summed E-state index contributed by atoms with van der Waals surface area (Å²) in [6.07, 6.45) is 4.67. The summed E-state index contributed by atoms with van der Waals surface area (Å²) in [5, 5.41) is 79.1. The first-order valence-corrected chi connectivity index (χ1v) is 21.8. The first kappa shape index (κ1) is 38.1. The summed E-state index contributed by atoms with van der Waals surface area (Å²) < 4.78 is 19.9. The number of aromatic amines is 1. The maximum Gasteiger partial charge on any atom is 0.343 e. The highest BCUT2D eigenvalue weighted by Crippen LogP contribution is 2.76. The van der Waals surface area contributed by atoms with Gasteiger partial charge in [0.2, 0.25) is 5.79 Å². The van der Waals surface area contributed by atoms with Crippen LogP contribution in [0.2, 0.25) is 0 Å². The number of rotatable bonds is 5. The third-order valence-electron chi connectivity index (χ3n) is 16.7. The van der Waals surface area contributed by atoms with Crippen molar-refractivity contribution in [1.29, 1.82) is 0 Å². The van der Waals surface area contributed by atoms with E-state index in [1.54, 1.807) is 18.2 Å². The Morgan fingerprint density at radius 3 is 2.57 bits per heavy atom. The number of ether oxygens (including phenoxy) is 3. The van der Waals surface area contributed by atoms with Gasteiger partial charge in [0, 0.05) is 23.3 Å². The number of aliphatic hydroxyl groups is 5. The van der Waals surface area contributed by atoms with E-state index in [-0.39, 0.29) is 34.9 Å². The predicted octanol–water partition coefficient (Wildman–Crippen LogP) is 4.70. The number of benzene rings is 4. The van der Waals surface area contributed by atoms with E-state index in [1.165, 1.54) is 6.08 Å². The number of carbonyl (C=O) groups is 1. The lowest BCUT2D eigenvalue weighted by Gasteiger charge is -2.66. The molecule has 0 amide bonds. The Bertz CT molecular complexity index is 2730. The number of hydrogen-bond donors (Lipinski definition) is 8. The summed E-state index contributed by atoms with van der Waals surface area (Å²) in [7, 11) is 1.86. The Hall–Kier alpha value is -4.63. The topological polar surface area (TPSA) is 194 Å². The summed E-state index contributed by atoms with van der Waals surface area (Å²) in [4.78, 5) is 18.2. The van der Waals surface area contributed by atoms with E-state index < -0.39 is 77.1 Å². The molecule has 4 aromatic carbocycles. The molecule has 61 heavy (non-hydrogen) atoms. The van der Waals surface area contributed by atoms with Crippen molar-refractivity contribution in [2.45, 2.75) is 86.0 Å². The lowest BCUT2D eigenvalue weighted by atomic mass is 9.43. The van der Waals surface area contributed by atoms with Crippen LogP contribution >= 0.6 is 0 Å². The molecule has 14 atom stereocenters. The molecule has 1 aromatic heterocycles. The van der Waals surface area contributed by atoms with Crippen molar-refractivity contribution < 1.29 is 49.6 Å². The lowest BCUT2D eigenvalue weighted by molar-refractivity contribution is -0.350. The van der Waals surface area contributed by atoms with E-state index in [0.717, 1.165) is 51.9 Å². The molecule has 8 N–H and O–H groups in total. The van der Waals surface area contributed by atoms with Crippen LogP contribution in [0.25, 0.3) is 38.5 Å². The molecule has 0 radical (unpaired) electrons. The Kier molecular flexibility index (Phi) is 8.09. The van der Waals surface area contributed by atoms with Crippen molar-refractivity contribution in [2.24, 2.45) is 35.0 Å². The number of fused-ring (bicyclic) bond motifs is 8. The van der Waals surface area contributed by atoms with Gasteiger partial charge >= 0.3 is 5.97 Å². The fraction of sp³-hybridized carbons (Fsp3) is 0.449. The second-order valence-corrected chi connectivity index (χ2v) is 18.9. The summed E-state index contributed by atoms with van der Waals surface area (Å²) in [5.74, 6) is -4.72. The van der Waals surface area contributed by atoms with Crippen LogP contribution in [0.15, 0.2) is 85.0 Å². The van der Waals surface area contributed by atoms with Crippen LogP contribution in [-0.4, -0.2) is 97.1 Å². The van der Waals surface area contributed by atoms with Crippen LogP contribution in [0.1, 0.15) is 48.9 Å². The van der Waals surface area contributed by atoms with Gasteiger partial charge in [-0.25, -0.2) is 4.79 Å². The van der Waals surface area contributed by atoms with Gasteiger partial charge in [-0.2, -0.15) is 0 Å². The molecule has 3 saturated carbocycles. The Balaban J connectivity index is 1.01. The van der Waals surface area contributed by atoms with Crippen LogP contribution in [0.4, 0.5) is 0 Å². The minimum atomic E-state index is -2.65. The first-order valence-electron chi connectivity index (χ1n) is 21.8. The molecule has 316 valence electrons. The highest BCUT2D eigenvalue weighted by molar-refractivity contribution is 6.14. The smallest absolute Gasteiger partial charge is 0.343 e. The van der Waals surface area contributed by atoms with Crippen LogP contribution in [0.5, 0.6) is 11.5 Å². The fourth-order valence-electron chi connectivity index (χ4n) is 14.5. The van der Waals surface area contributed by atoms with Gasteiger partial charge in [-0.05, 0) is 126 Å². The minimum absolute atomic E-state index is 0.0528. The lowest BCUT2D eigenvalue weighted by Crippen LogP contribution is -2.77. The van der Waals surface area contributed by atoms with Gasteiger partial charge < -0.3 is 55.2 Å². The number of aromatic nitrogens is 1. The number of H-pyrrole nitrogens is 1. The molecule has 12 rings (SSSR count). The third-order valence-corrected chi connectivity index (χ3v) is 16.7. The van der Waals surface area contributed by atoms with E-state index in [9.17, 15) is 35.4 Å². The molecule has 2 aliphatic heterocycles. The second kappa shape index (κ2) is 13.0. The molecule has 2 spiro atoms. The van der Waals surface area contributed by atoms with Crippen LogP contribution in [0.3, 0.4) is 0 Å². The quantitative estimate of drug-likeness (QED) is 0.0696. The Morgan fingerprint density at radius 2 is 1.77 bits per heavy atom. The molecule has 12 nitrogen and oxygen atoms in total. The molecule has 5 fully saturated rings. The zero-order valence-electron chi connectivity index (χ0n) is 33.7. The van der Waals surface area contributed by atoms with Crippen LogP contribution < -0.4 is 10.1 Å². The molecule has 7 aliphatic rings. The number of nitrogens with one attached hydrogen (secondary N) is 2. The second-order valence-electron chi connectivity index (χ2n) is 18.9. The summed E-state index contributed by atoms with van der Waals surface area (Å²) >= 11 is 0. The van der Waals surface area contributed by atoms with E-state index in [4.69, 9.17) is 14.2 Å². The summed E-state index contributed by atoms with van der Waals surface area (Å²) in [5.41, 5.74) is -0.986. The van der Waals surface area contributed by atoms with Crippen molar-refractivity contribution in [3.05, 3.63) is 102 Å². The number of allylic oxidation sites excluding steroid dienone is 1. The molecule has 0 unspecified atom stereocenters. The maximum atomic E-state index is 14.9. The number of phenols is 1. The molecule has 2 saturated heterocycles.